The zero-order valence-electron chi connectivity index (χ0n) is 16.4. The predicted molar refractivity (Wildman–Crippen MR) is 111 cm³/mol. The fourth-order valence-corrected chi connectivity index (χ4v) is 3.11. The van der Waals surface area contributed by atoms with Crippen LogP contribution < -0.4 is 16.4 Å². The van der Waals surface area contributed by atoms with E-state index in [1.165, 1.54) is 7.05 Å². The van der Waals surface area contributed by atoms with Crippen LogP contribution in [-0.4, -0.2) is 23.8 Å². The molecule has 0 radical (unpaired) electrons. The third kappa shape index (κ3) is 4.78. The van der Waals surface area contributed by atoms with Gasteiger partial charge in [0.2, 0.25) is 5.91 Å². The van der Waals surface area contributed by atoms with E-state index in [4.69, 9.17) is 5.73 Å². The highest BCUT2D eigenvalue weighted by molar-refractivity contribution is 5.99. The van der Waals surface area contributed by atoms with Gasteiger partial charge in [0, 0.05) is 30.6 Å². The lowest BCUT2D eigenvalue weighted by molar-refractivity contribution is -0.115. The molecule has 0 spiro atoms. The Hall–Kier alpha value is -3.81. The van der Waals surface area contributed by atoms with Crippen LogP contribution in [0.1, 0.15) is 21.5 Å². The zero-order chi connectivity index (χ0) is 21.8. The largest absolute Gasteiger partial charge is 0.383 e. The van der Waals surface area contributed by atoms with Gasteiger partial charge in [-0.1, -0.05) is 6.07 Å². The Balaban J connectivity index is 1.78. The normalized spacial score (nSPS) is 10.5. The topological polar surface area (TPSA) is 97.1 Å². The first-order chi connectivity index (χ1) is 14.3. The number of aryl methyl sites for hydroxylation is 1. The SMILES string of the molecule is CNC(=O)c1cc(-c2ccc(NC(=O)Cc3cc(F)cc(F)c3)cc2C)cnc1N. The molecule has 0 unspecified atom stereocenters. The summed E-state index contributed by atoms with van der Waals surface area (Å²) in [5, 5.41) is 5.23. The van der Waals surface area contributed by atoms with Crippen LogP contribution in [0.3, 0.4) is 0 Å². The van der Waals surface area contributed by atoms with Gasteiger partial charge in [-0.2, -0.15) is 0 Å². The average molecular weight is 410 g/mol. The summed E-state index contributed by atoms with van der Waals surface area (Å²) in [4.78, 5) is 28.3. The molecule has 3 rings (SSSR count). The summed E-state index contributed by atoms with van der Waals surface area (Å²) in [6.45, 7) is 1.85. The van der Waals surface area contributed by atoms with Crippen LogP contribution in [0.15, 0.2) is 48.7 Å². The molecule has 0 atom stereocenters. The Bertz CT molecular complexity index is 1110. The van der Waals surface area contributed by atoms with Crippen molar-refractivity contribution in [3.8, 4) is 11.1 Å². The van der Waals surface area contributed by atoms with Crippen molar-refractivity contribution < 1.29 is 18.4 Å². The Labute approximate surface area is 172 Å². The van der Waals surface area contributed by atoms with Gasteiger partial charge in [-0.15, -0.1) is 0 Å². The maximum absolute atomic E-state index is 13.3. The van der Waals surface area contributed by atoms with E-state index in [1.54, 1.807) is 30.5 Å². The first-order valence-corrected chi connectivity index (χ1v) is 9.10. The summed E-state index contributed by atoms with van der Waals surface area (Å²) in [7, 11) is 1.51. The second-order valence-corrected chi connectivity index (χ2v) is 6.77. The lowest BCUT2D eigenvalue weighted by atomic mass is 9.99. The summed E-state index contributed by atoms with van der Waals surface area (Å²) in [5.74, 6) is -2.06. The molecule has 2 amide bonds. The van der Waals surface area contributed by atoms with Gasteiger partial charge in [0.05, 0.1) is 12.0 Å². The number of carbonyl (C=O) groups is 2. The van der Waals surface area contributed by atoms with E-state index < -0.39 is 17.5 Å². The number of hydrogen-bond acceptors (Lipinski definition) is 4. The van der Waals surface area contributed by atoms with E-state index in [0.29, 0.717) is 11.3 Å². The van der Waals surface area contributed by atoms with E-state index in [1.807, 2.05) is 6.92 Å². The summed E-state index contributed by atoms with van der Waals surface area (Å²) in [6, 6.07) is 9.89. The van der Waals surface area contributed by atoms with Crippen molar-refractivity contribution in [3.05, 3.63) is 77.0 Å². The fraction of sp³-hybridized carbons (Fsp3) is 0.136. The van der Waals surface area contributed by atoms with Gasteiger partial charge >= 0.3 is 0 Å². The molecule has 0 aliphatic rings. The van der Waals surface area contributed by atoms with Crippen LogP contribution in [0.4, 0.5) is 20.3 Å². The van der Waals surface area contributed by atoms with Crippen molar-refractivity contribution in [3.63, 3.8) is 0 Å². The van der Waals surface area contributed by atoms with Gasteiger partial charge in [0.1, 0.15) is 17.5 Å². The molecule has 8 heteroatoms. The van der Waals surface area contributed by atoms with E-state index in [0.717, 1.165) is 29.3 Å². The Morgan fingerprint density at radius 1 is 1.07 bits per heavy atom. The predicted octanol–water partition coefficient (Wildman–Crippen LogP) is 3.46. The molecule has 0 saturated heterocycles. The van der Waals surface area contributed by atoms with Crippen molar-refractivity contribution in [1.82, 2.24) is 10.3 Å². The molecule has 0 aliphatic heterocycles. The molecule has 1 heterocycles. The number of nitrogens with zero attached hydrogens (tertiary/aromatic N) is 1. The summed E-state index contributed by atoms with van der Waals surface area (Å²) in [5.41, 5.74) is 9.18. The van der Waals surface area contributed by atoms with Crippen LogP contribution in [0, 0.1) is 18.6 Å². The number of halogens is 2. The molecular weight excluding hydrogens is 390 g/mol. The van der Waals surface area contributed by atoms with E-state index >= 15 is 0 Å². The summed E-state index contributed by atoms with van der Waals surface area (Å²) in [6.07, 6.45) is 1.41. The lowest BCUT2D eigenvalue weighted by Gasteiger charge is -2.12. The monoisotopic (exact) mass is 410 g/mol. The highest BCUT2D eigenvalue weighted by Gasteiger charge is 2.13. The third-order valence-electron chi connectivity index (χ3n) is 4.50. The number of aromatic nitrogens is 1. The number of benzene rings is 2. The molecule has 154 valence electrons. The number of nitrogens with one attached hydrogen (secondary N) is 2. The molecule has 2 aromatic carbocycles. The van der Waals surface area contributed by atoms with Crippen molar-refractivity contribution in [1.29, 1.82) is 0 Å². The smallest absolute Gasteiger partial charge is 0.254 e. The van der Waals surface area contributed by atoms with Gasteiger partial charge in [-0.3, -0.25) is 9.59 Å². The molecular formula is C22H20F2N4O2. The quantitative estimate of drug-likeness (QED) is 0.600. The van der Waals surface area contributed by atoms with Crippen LogP contribution >= 0.6 is 0 Å². The number of amides is 2. The second-order valence-electron chi connectivity index (χ2n) is 6.77. The maximum atomic E-state index is 13.3. The fourth-order valence-electron chi connectivity index (χ4n) is 3.11. The molecule has 0 bridgehead atoms. The van der Waals surface area contributed by atoms with Gasteiger partial charge in [0.15, 0.2) is 0 Å². The zero-order valence-corrected chi connectivity index (χ0v) is 16.4. The number of hydrogen-bond donors (Lipinski definition) is 3. The minimum Gasteiger partial charge on any atom is -0.383 e. The molecule has 6 nitrogen and oxygen atoms in total. The van der Waals surface area contributed by atoms with Crippen molar-refractivity contribution in [2.45, 2.75) is 13.3 Å². The van der Waals surface area contributed by atoms with E-state index in [9.17, 15) is 18.4 Å². The van der Waals surface area contributed by atoms with Crippen molar-refractivity contribution in [2.75, 3.05) is 18.1 Å². The highest BCUT2D eigenvalue weighted by Crippen LogP contribution is 2.27. The van der Waals surface area contributed by atoms with Gasteiger partial charge < -0.3 is 16.4 Å². The number of pyridine rings is 1. The first kappa shape index (κ1) is 20.9. The minimum absolute atomic E-state index is 0.133. The first-order valence-electron chi connectivity index (χ1n) is 9.10. The molecule has 4 N–H and O–H groups in total. The number of anilines is 2. The Kier molecular flexibility index (Phi) is 6.06. The molecule has 1 aromatic heterocycles. The molecule has 0 saturated carbocycles. The van der Waals surface area contributed by atoms with Gasteiger partial charge in [-0.05, 0) is 53.9 Å². The second kappa shape index (κ2) is 8.69. The average Bonchev–Trinajstić information content (AvgIpc) is 2.67. The van der Waals surface area contributed by atoms with Crippen molar-refractivity contribution >= 4 is 23.3 Å². The summed E-state index contributed by atoms with van der Waals surface area (Å²) < 4.78 is 26.6. The Morgan fingerprint density at radius 2 is 1.77 bits per heavy atom. The lowest BCUT2D eigenvalue weighted by Crippen LogP contribution is -2.20. The molecule has 0 aliphatic carbocycles. The standard InChI is InChI=1S/C22H20F2N4O2/c1-12-5-17(28-20(29)8-13-6-15(23)10-16(24)7-13)3-4-18(12)14-9-19(22(30)26-2)21(25)27-11-14/h3-7,9-11H,8H2,1-2H3,(H2,25,27)(H,26,30)(H,28,29). The number of rotatable bonds is 5. The Morgan fingerprint density at radius 3 is 2.40 bits per heavy atom. The minimum atomic E-state index is -0.730. The van der Waals surface area contributed by atoms with Crippen molar-refractivity contribution in [2.24, 2.45) is 0 Å². The van der Waals surface area contributed by atoms with Crippen LogP contribution in [0.25, 0.3) is 11.1 Å². The van der Waals surface area contributed by atoms with E-state index in [2.05, 4.69) is 15.6 Å². The van der Waals surface area contributed by atoms with E-state index in [-0.39, 0.29) is 29.3 Å². The number of carbonyl (C=O) groups excluding carboxylic acids is 2. The number of nitrogen functional groups attached to an aromatic ring is 1. The molecule has 3 aromatic rings. The highest BCUT2D eigenvalue weighted by atomic mass is 19.1. The van der Waals surface area contributed by atoms with Gasteiger partial charge in [0.25, 0.3) is 5.91 Å². The van der Waals surface area contributed by atoms with Crippen LogP contribution in [0.5, 0.6) is 0 Å². The summed E-state index contributed by atoms with van der Waals surface area (Å²) >= 11 is 0. The van der Waals surface area contributed by atoms with Crippen LogP contribution in [-0.2, 0) is 11.2 Å². The third-order valence-corrected chi connectivity index (χ3v) is 4.50. The maximum Gasteiger partial charge on any atom is 0.254 e. The van der Waals surface area contributed by atoms with Gasteiger partial charge in [-0.25, -0.2) is 13.8 Å². The number of nitrogens with two attached hydrogens (primary N) is 1. The molecule has 0 fully saturated rings. The molecule has 30 heavy (non-hydrogen) atoms. The van der Waals surface area contributed by atoms with Crippen LogP contribution in [0.2, 0.25) is 0 Å².